The van der Waals surface area contributed by atoms with Crippen LogP contribution in [0.25, 0.3) is 0 Å². The molecule has 0 aromatic carbocycles. The average molecular weight is 198 g/mol. The summed E-state index contributed by atoms with van der Waals surface area (Å²) in [6, 6.07) is 0. The van der Waals surface area contributed by atoms with Gasteiger partial charge in [0.05, 0.1) is 7.11 Å². The fourth-order valence-electron chi connectivity index (χ4n) is 1.68. The average Bonchev–Trinajstić information content (AvgIpc) is 3.01. The van der Waals surface area contributed by atoms with Gasteiger partial charge in [-0.05, 0) is 31.1 Å². The molecular weight excluding hydrogens is 180 g/mol. The first-order chi connectivity index (χ1) is 6.81. The van der Waals surface area contributed by atoms with Crippen molar-refractivity contribution in [3.63, 3.8) is 0 Å². The van der Waals surface area contributed by atoms with E-state index in [-0.39, 0.29) is 12.1 Å². The van der Waals surface area contributed by atoms with Crippen molar-refractivity contribution in [3.8, 4) is 0 Å². The van der Waals surface area contributed by atoms with Gasteiger partial charge in [-0.15, -0.1) is 0 Å². The van der Waals surface area contributed by atoms with Crippen LogP contribution < -0.4 is 0 Å². The van der Waals surface area contributed by atoms with E-state index in [0.29, 0.717) is 5.92 Å². The van der Waals surface area contributed by atoms with E-state index >= 15 is 0 Å². The number of esters is 1. The molecule has 14 heavy (non-hydrogen) atoms. The van der Waals surface area contributed by atoms with Crippen LogP contribution in [0.15, 0.2) is 0 Å². The van der Waals surface area contributed by atoms with Crippen LogP contribution in [0.1, 0.15) is 32.1 Å². The molecule has 0 aromatic heterocycles. The van der Waals surface area contributed by atoms with Crippen LogP contribution >= 0.6 is 0 Å². The normalized spacial score (nSPS) is 23.2. The Bertz CT molecular complexity index is 207. The lowest BCUT2D eigenvalue weighted by Gasteiger charge is -2.14. The molecule has 3 heteroatoms. The van der Waals surface area contributed by atoms with Crippen LogP contribution in [0.5, 0.6) is 0 Å². The fraction of sp³-hybridized carbons (Fsp3) is 0.909. The lowest BCUT2D eigenvalue weighted by Crippen LogP contribution is -2.28. The minimum absolute atomic E-state index is 0.191. The molecule has 2 aliphatic carbocycles. The zero-order valence-electron chi connectivity index (χ0n) is 8.70. The molecular formula is C11H18O3. The molecule has 0 aliphatic heterocycles. The molecule has 2 aliphatic rings. The molecule has 0 heterocycles. The van der Waals surface area contributed by atoms with Gasteiger partial charge in [-0.1, -0.05) is 12.8 Å². The summed E-state index contributed by atoms with van der Waals surface area (Å²) >= 11 is 0. The maximum absolute atomic E-state index is 11.3. The molecule has 0 bridgehead atoms. The third-order valence-electron chi connectivity index (χ3n) is 3.00. The molecule has 1 unspecified atom stereocenters. The van der Waals surface area contributed by atoms with E-state index in [1.165, 1.54) is 20.0 Å². The van der Waals surface area contributed by atoms with Gasteiger partial charge in [0, 0.05) is 6.61 Å². The molecule has 2 fully saturated rings. The monoisotopic (exact) mass is 198 g/mol. The largest absolute Gasteiger partial charge is 0.467 e. The van der Waals surface area contributed by atoms with Crippen molar-refractivity contribution in [2.75, 3.05) is 13.7 Å². The predicted octanol–water partition coefficient (Wildman–Crippen LogP) is 1.75. The predicted molar refractivity (Wildman–Crippen MR) is 51.8 cm³/mol. The van der Waals surface area contributed by atoms with Crippen LogP contribution in [0.2, 0.25) is 0 Å². The van der Waals surface area contributed by atoms with Gasteiger partial charge in [0.1, 0.15) is 0 Å². The Balaban J connectivity index is 1.69. The summed E-state index contributed by atoms with van der Waals surface area (Å²) in [4.78, 5) is 11.3. The molecule has 1 atom stereocenters. The van der Waals surface area contributed by atoms with Gasteiger partial charge < -0.3 is 9.47 Å². The van der Waals surface area contributed by atoms with E-state index in [1.54, 1.807) is 0 Å². The summed E-state index contributed by atoms with van der Waals surface area (Å²) in [6.45, 7) is 0.723. The second kappa shape index (κ2) is 4.30. The van der Waals surface area contributed by atoms with Gasteiger partial charge in [0.15, 0.2) is 6.10 Å². The smallest absolute Gasteiger partial charge is 0.335 e. The van der Waals surface area contributed by atoms with Crippen LogP contribution in [0.3, 0.4) is 0 Å². The second-order valence-electron chi connectivity index (χ2n) is 4.38. The van der Waals surface area contributed by atoms with E-state index in [1.807, 2.05) is 0 Å². The lowest BCUT2D eigenvalue weighted by molar-refractivity contribution is -0.155. The number of carbonyl (C=O) groups excluding carboxylic acids is 1. The lowest BCUT2D eigenvalue weighted by atomic mass is 10.2. The molecule has 0 N–H and O–H groups in total. The number of hydrogen-bond donors (Lipinski definition) is 0. The van der Waals surface area contributed by atoms with E-state index in [0.717, 1.165) is 31.8 Å². The first kappa shape index (κ1) is 9.97. The van der Waals surface area contributed by atoms with Gasteiger partial charge in [-0.3, -0.25) is 0 Å². The molecule has 80 valence electrons. The molecule has 0 radical (unpaired) electrons. The quantitative estimate of drug-likeness (QED) is 0.610. The van der Waals surface area contributed by atoms with Gasteiger partial charge in [-0.25, -0.2) is 4.79 Å². The van der Waals surface area contributed by atoms with Gasteiger partial charge in [-0.2, -0.15) is 0 Å². The van der Waals surface area contributed by atoms with Crippen molar-refractivity contribution in [2.45, 2.75) is 38.2 Å². The topological polar surface area (TPSA) is 35.5 Å². The van der Waals surface area contributed by atoms with E-state index < -0.39 is 0 Å². The number of hydrogen-bond acceptors (Lipinski definition) is 3. The summed E-state index contributed by atoms with van der Waals surface area (Å²) < 4.78 is 10.3. The summed E-state index contributed by atoms with van der Waals surface area (Å²) in [5.41, 5.74) is 0. The Morgan fingerprint density at radius 1 is 1.36 bits per heavy atom. The first-order valence-electron chi connectivity index (χ1n) is 5.50. The second-order valence-corrected chi connectivity index (χ2v) is 4.38. The highest BCUT2D eigenvalue weighted by Crippen LogP contribution is 2.36. The van der Waals surface area contributed by atoms with Crippen molar-refractivity contribution in [1.29, 1.82) is 0 Å². The Morgan fingerprint density at radius 3 is 2.57 bits per heavy atom. The molecule has 0 aromatic rings. The minimum Gasteiger partial charge on any atom is -0.467 e. The molecule has 0 spiro atoms. The molecule has 2 saturated carbocycles. The third-order valence-corrected chi connectivity index (χ3v) is 3.00. The van der Waals surface area contributed by atoms with Crippen molar-refractivity contribution in [1.82, 2.24) is 0 Å². The van der Waals surface area contributed by atoms with Gasteiger partial charge >= 0.3 is 5.97 Å². The summed E-state index contributed by atoms with van der Waals surface area (Å²) in [7, 11) is 1.43. The minimum atomic E-state index is -0.279. The first-order valence-corrected chi connectivity index (χ1v) is 5.50. The van der Waals surface area contributed by atoms with Crippen LogP contribution in [0, 0.1) is 11.8 Å². The van der Waals surface area contributed by atoms with Crippen molar-refractivity contribution < 1.29 is 14.3 Å². The number of carbonyl (C=O) groups is 1. The van der Waals surface area contributed by atoms with E-state index in [9.17, 15) is 4.79 Å². The summed E-state index contributed by atoms with van der Waals surface area (Å²) in [5, 5.41) is 0. The third kappa shape index (κ3) is 2.71. The maximum Gasteiger partial charge on any atom is 0.335 e. The molecule has 0 saturated heterocycles. The van der Waals surface area contributed by atoms with Crippen LogP contribution in [-0.4, -0.2) is 25.8 Å². The number of rotatable bonds is 6. The Morgan fingerprint density at radius 2 is 2.07 bits per heavy atom. The Hall–Kier alpha value is -0.570. The standard InChI is InChI=1S/C11H18O3/c1-13-11(12)10(9-4-5-9)14-7-6-8-2-3-8/h8-10H,2-7H2,1H3. The Kier molecular flexibility index (Phi) is 3.06. The van der Waals surface area contributed by atoms with Crippen molar-refractivity contribution >= 4 is 5.97 Å². The number of methoxy groups -OCH3 is 1. The van der Waals surface area contributed by atoms with Crippen molar-refractivity contribution in [2.24, 2.45) is 11.8 Å². The fourth-order valence-corrected chi connectivity index (χ4v) is 1.68. The highest BCUT2D eigenvalue weighted by Gasteiger charge is 2.38. The SMILES string of the molecule is COC(=O)C(OCCC1CC1)C1CC1. The van der Waals surface area contributed by atoms with Gasteiger partial charge in [0.2, 0.25) is 0 Å². The van der Waals surface area contributed by atoms with E-state index in [4.69, 9.17) is 9.47 Å². The highest BCUT2D eigenvalue weighted by molar-refractivity contribution is 5.75. The zero-order valence-corrected chi connectivity index (χ0v) is 8.70. The molecule has 2 rings (SSSR count). The zero-order chi connectivity index (χ0) is 9.97. The molecule has 3 nitrogen and oxygen atoms in total. The summed E-state index contributed by atoms with van der Waals surface area (Å²) in [5.74, 6) is 1.11. The Labute approximate surface area is 84.8 Å². The highest BCUT2D eigenvalue weighted by atomic mass is 16.6. The van der Waals surface area contributed by atoms with Crippen LogP contribution in [0.4, 0.5) is 0 Å². The maximum atomic E-state index is 11.3. The van der Waals surface area contributed by atoms with Crippen molar-refractivity contribution in [3.05, 3.63) is 0 Å². The molecule has 0 amide bonds. The van der Waals surface area contributed by atoms with Gasteiger partial charge in [0.25, 0.3) is 0 Å². The number of ether oxygens (including phenoxy) is 2. The van der Waals surface area contributed by atoms with E-state index in [2.05, 4.69) is 0 Å². The summed E-state index contributed by atoms with van der Waals surface area (Å²) in [6.07, 6.45) is 5.75. The van der Waals surface area contributed by atoms with Crippen LogP contribution in [-0.2, 0) is 14.3 Å².